The first-order valence-corrected chi connectivity index (χ1v) is 5.81. The number of fused-ring (bicyclic) bond motifs is 3. The molecule has 0 unspecified atom stereocenters. The number of carbonyl (C=O) groups excluding carboxylic acids is 1. The monoisotopic (exact) mass is 247 g/mol. The molecule has 3 nitrogen and oxygen atoms in total. The molecule has 19 heavy (non-hydrogen) atoms. The van der Waals surface area contributed by atoms with Gasteiger partial charge in [-0.2, -0.15) is 5.26 Å². The summed E-state index contributed by atoms with van der Waals surface area (Å²) in [4.78, 5) is 10.7. The summed E-state index contributed by atoms with van der Waals surface area (Å²) in [5.74, 6) is 2.56. The second-order valence-corrected chi connectivity index (χ2v) is 4.39. The number of hydrogen-bond acceptors (Lipinski definition) is 3. The van der Waals surface area contributed by atoms with Crippen LogP contribution in [-0.4, -0.2) is 5.94 Å². The summed E-state index contributed by atoms with van der Waals surface area (Å²) in [7, 11) is 0. The van der Waals surface area contributed by atoms with Gasteiger partial charge in [-0.15, -0.1) is 0 Å². The summed E-state index contributed by atoms with van der Waals surface area (Å²) in [6.45, 7) is 1.99. The van der Waals surface area contributed by atoms with Crippen molar-refractivity contribution in [3.63, 3.8) is 0 Å². The van der Waals surface area contributed by atoms with Crippen LogP contribution in [0.5, 0.6) is 5.75 Å². The summed E-state index contributed by atoms with van der Waals surface area (Å²) >= 11 is 0. The maximum Gasteiger partial charge on any atom is 0.210 e. The molecule has 2 aromatic carbocycles. The number of nitriles is 1. The topological polar surface area (TPSA) is 50.1 Å². The predicted molar refractivity (Wildman–Crippen MR) is 72.3 cm³/mol. The number of hydrogen-bond donors (Lipinski definition) is 0. The van der Waals surface area contributed by atoms with Gasteiger partial charge in [-0.25, -0.2) is 4.79 Å². The highest BCUT2D eigenvalue weighted by molar-refractivity contribution is 5.96. The van der Waals surface area contributed by atoms with Crippen molar-refractivity contribution in [3.8, 4) is 11.8 Å². The largest absolute Gasteiger partial charge is 0.444 e. The molecule has 0 atom stereocenters. The number of nitrogens with zero attached hydrogens (tertiary/aromatic N) is 1. The zero-order valence-corrected chi connectivity index (χ0v) is 10.2. The molecule has 0 aromatic heterocycles. The van der Waals surface area contributed by atoms with E-state index in [-0.39, 0.29) is 5.76 Å². The number of benzene rings is 2. The Hall–Kier alpha value is -2.82. The minimum Gasteiger partial charge on any atom is -0.444 e. The molecule has 3 heteroatoms. The van der Waals surface area contributed by atoms with Crippen molar-refractivity contribution in [2.24, 2.45) is 0 Å². The highest BCUT2D eigenvalue weighted by atomic mass is 16.5. The van der Waals surface area contributed by atoms with Crippen molar-refractivity contribution in [2.75, 3.05) is 0 Å². The van der Waals surface area contributed by atoms with E-state index in [1.54, 1.807) is 18.1 Å². The Kier molecular flexibility index (Phi) is 2.45. The van der Waals surface area contributed by atoms with Crippen molar-refractivity contribution < 1.29 is 9.53 Å². The number of aryl methyl sites for hydroxylation is 1. The molecule has 0 aliphatic carbocycles. The molecule has 0 saturated heterocycles. The highest BCUT2D eigenvalue weighted by Gasteiger charge is 2.15. The van der Waals surface area contributed by atoms with Gasteiger partial charge in [0, 0.05) is 10.9 Å². The van der Waals surface area contributed by atoms with Crippen LogP contribution in [0.4, 0.5) is 0 Å². The van der Waals surface area contributed by atoms with Crippen molar-refractivity contribution in [3.05, 3.63) is 52.8 Å². The molecule has 0 bridgehead atoms. The Morgan fingerprint density at radius 2 is 2.00 bits per heavy atom. The fourth-order valence-electron chi connectivity index (χ4n) is 2.27. The Bertz CT molecular complexity index is 819. The standard InChI is InChI=1S/C16H9NO2/c1-10-6-12-3-4-13(9-18)19-16(12)14-5-2-11(8-17)7-15(10)14/h2-7H,1H3. The molecule has 1 aliphatic rings. The first-order chi connectivity index (χ1) is 9.22. The van der Waals surface area contributed by atoms with E-state index in [4.69, 9.17) is 10.00 Å². The second kappa shape index (κ2) is 4.13. The molecule has 2 aromatic rings. The van der Waals surface area contributed by atoms with E-state index in [1.165, 1.54) is 0 Å². The van der Waals surface area contributed by atoms with Crippen molar-refractivity contribution >= 4 is 22.8 Å². The van der Waals surface area contributed by atoms with E-state index in [0.717, 1.165) is 21.9 Å². The zero-order valence-electron chi connectivity index (χ0n) is 10.2. The van der Waals surface area contributed by atoms with Gasteiger partial charge in [-0.05, 0) is 54.3 Å². The van der Waals surface area contributed by atoms with Crippen molar-refractivity contribution in [1.29, 1.82) is 5.26 Å². The quantitative estimate of drug-likeness (QED) is 0.672. The van der Waals surface area contributed by atoms with Gasteiger partial charge in [-0.1, -0.05) is 0 Å². The summed E-state index contributed by atoms with van der Waals surface area (Å²) in [6, 6.07) is 9.53. The van der Waals surface area contributed by atoms with Gasteiger partial charge in [0.05, 0.1) is 11.6 Å². The Morgan fingerprint density at radius 1 is 1.16 bits per heavy atom. The molecular weight excluding hydrogens is 238 g/mol. The van der Waals surface area contributed by atoms with Gasteiger partial charge in [0.25, 0.3) is 0 Å². The number of rotatable bonds is 0. The lowest BCUT2D eigenvalue weighted by Crippen LogP contribution is -2.01. The van der Waals surface area contributed by atoms with Crippen LogP contribution >= 0.6 is 0 Å². The lowest BCUT2D eigenvalue weighted by atomic mass is 9.97. The molecule has 0 spiro atoms. The van der Waals surface area contributed by atoms with Crippen LogP contribution < -0.4 is 4.74 Å². The van der Waals surface area contributed by atoms with Gasteiger partial charge in [0.15, 0.2) is 5.94 Å². The maximum atomic E-state index is 10.7. The Balaban J connectivity index is 2.37. The molecule has 3 rings (SSSR count). The van der Waals surface area contributed by atoms with Gasteiger partial charge in [-0.3, -0.25) is 0 Å². The predicted octanol–water partition coefficient (Wildman–Crippen LogP) is 3.14. The SMILES string of the molecule is Cc1cc2c(c3ccc(C#N)cc13)OC(=C=O)C=C2. The third-order valence-electron chi connectivity index (χ3n) is 3.18. The molecular formula is C16H9NO2. The van der Waals surface area contributed by atoms with E-state index in [9.17, 15) is 4.79 Å². The first-order valence-electron chi connectivity index (χ1n) is 5.81. The average molecular weight is 247 g/mol. The van der Waals surface area contributed by atoms with Crippen LogP contribution in [0, 0.1) is 18.3 Å². The smallest absolute Gasteiger partial charge is 0.210 e. The lowest BCUT2D eigenvalue weighted by molar-refractivity contribution is 0.443. The van der Waals surface area contributed by atoms with Gasteiger partial charge >= 0.3 is 0 Å². The van der Waals surface area contributed by atoms with Crippen LogP contribution in [0.15, 0.2) is 36.1 Å². The fraction of sp³-hybridized carbons (Fsp3) is 0.0625. The minimum absolute atomic E-state index is 0.169. The second-order valence-electron chi connectivity index (χ2n) is 4.39. The van der Waals surface area contributed by atoms with E-state index in [2.05, 4.69) is 6.07 Å². The summed E-state index contributed by atoms with van der Waals surface area (Å²) in [5, 5.41) is 10.8. The summed E-state index contributed by atoms with van der Waals surface area (Å²) < 4.78 is 5.55. The molecule has 90 valence electrons. The van der Waals surface area contributed by atoms with Gasteiger partial charge in [0.1, 0.15) is 5.75 Å². The molecule has 1 aliphatic heterocycles. The van der Waals surface area contributed by atoms with E-state index in [1.807, 2.05) is 31.2 Å². The summed E-state index contributed by atoms with van der Waals surface area (Å²) in [5.41, 5.74) is 2.60. The fourth-order valence-corrected chi connectivity index (χ4v) is 2.27. The van der Waals surface area contributed by atoms with Crippen LogP contribution in [0.1, 0.15) is 16.7 Å². The first kappa shape index (κ1) is 11.3. The Morgan fingerprint density at radius 3 is 2.74 bits per heavy atom. The average Bonchev–Trinajstić information content (AvgIpc) is 2.46. The normalized spacial score (nSPS) is 12.5. The third kappa shape index (κ3) is 1.72. The maximum absolute atomic E-state index is 10.7. The van der Waals surface area contributed by atoms with Crippen LogP contribution in [0.3, 0.4) is 0 Å². The van der Waals surface area contributed by atoms with E-state index < -0.39 is 0 Å². The molecule has 0 saturated carbocycles. The van der Waals surface area contributed by atoms with E-state index >= 15 is 0 Å². The molecule has 0 fully saturated rings. The zero-order chi connectivity index (χ0) is 13.4. The highest BCUT2D eigenvalue weighted by Crippen LogP contribution is 2.37. The molecule has 1 heterocycles. The van der Waals surface area contributed by atoms with Gasteiger partial charge < -0.3 is 4.74 Å². The van der Waals surface area contributed by atoms with Crippen LogP contribution in [0.2, 0.25) is 0 Å². The molecule has 0 amide bonds. The van der Waals surface area contributed by atoms with Crippen LogP contribution in [-0.2, 0) is 4.79 Å². The third-order valence-corrected chi connectivity index (χ3v) is 3.18. The van der Waals surface area contributed by atoms with Crippen molar-refractivity contribution in [2.45, 2.75) is 6.92 Å². The molecule has 0 N–H and O–H groups in total. The number of allylic oxidation sites excluding steroid dienone is 1. The summed E-state index contributed by atoms with van der Waals surface area (Å²) in [6.07, 6.45) is 3.44. The Labute approximate surface area is 110 Å². The minimum atomic E-state index is 0.169. The molecule has 0 radical (unpaired) electrons. The van der Waals surface area contributed by atoms with Gasteiger partial charge in [0.2, 0.25) is 5.76 Å². The number of ether oxygens (including phenoxy) is 1. The lowest BCUT2D eigenvalue weighted by Gasteiger charge is -2.16. The van der Waals surface area contributed by atoms with E-state index in [0.29, 0.717) is 11.3 Å². The van der Waals surface area contributed by atoms with Crippen LogP contribution in [0.25, 0.3) is 16.8 Å². The van der Waals surface area contributed by atoms with Crippen molar-refractivity contribution in [1.82, 2.24) is 0 Å².